The number of carbonyl (C=O) groups excluding carboxylic acids is 1. The highest BCUT2D eigenvalue weighted by Crippen LogP contribution is 2.30. The molecule has 0 amide bonds. The van der Waals surface area contributed by atoms with Gasteiger partial charge in [-0.1, -0.05) is 0 Å². The van der Waals surface area contributed by atoms with Gasteiger partial charge in [-0.2, -0.15) is 13.2 Å². The zero-order valence-corrected chi connectivity index (χ0v) is 7.26. The van der Waals surface area contributed by atoms with E-state index in [1.165, 1.54) is 13.0 Å². The summed E-state index contributed by atoms with van der Waals surface area (Å²) in [5, 5.41) is 0. The van der Waals surface area contributed by atoms with Crippen LogP contribution in [-0.4, -0.2) is 5.78 Å². The number of halogens is 3. The summed E-state index contributed by atoms with van der Waals surface area (Å²) in [7, 11) is 0. The van der Waals surface area contributed by atoms with Crippen LogP contribution in [0.4, 0.5) is 13.2 Å². The first-order valence-corrected chi connectivity index (χ1v) is 3.75. The van der Waals surface area contributed by atoms with Crippen molar-refractivity contribution < 1.29 is 22.4 Å². The maximum absolute atomic E-state index is 12.0. The topological polar surface area (TPSA) is 30.2 Å². The van der Waals surface area contributed by atoms with Gasteiger partial charge in [-0.15, -0.1) is 0 Å². The average Bonchev–Trinajstić information content (AvgIpc) is 2.47. The molecular formula is C9H7F3O2. The van der Waals surface area contributed by atoms with Crippen LogP contribution in [0.2, 0.25) is 0 Å². The lowest BCUT2D eigenvalue weighted by molar-refractivity contribution is -0.153. The fourth-order valence-electron chi connectivity index (χ4n) is 0.794. The molecule has 0 fully saturated rings. The Hall–Kier alpha value is -1.52. The first-order valence-electron chi connectivity index (χ1n) is 3.75. The largest absolute Gasteiger partial charge is 0.452 e. The summed E-state index contributed by atoms with van der Waals surface area (Å²) in [6.07, 6.45) is -2.15. The Morgan fingerprint density at radius 3 is 2.50 bits per heavy atom. The van der Waals surface area contributed by atoms with Crippen LogP contribution in [-0.2, 0) is 11.0 Å². The van der Waals surface area contributed by atoms with E-state index in [0.29, 0.717) is 0 Å². The summed E-state index contributed by atoms with van der Waals surface area (Å²) >= 11 is 0. The molecule has 0 saturated carbocycles. The number of hydrogen-bond donors (Lipinski definition) is 0. The van der Waals surface area contributed by atoms with Crippen LogP contribution in [0.25, 0.3) is 6.08 Å². The smallest absolute Gasteiger partial charge is 0.449 e. The number of allylic oxidation sites excluding steroid dienone is 1. The lowest BCUT2D eigenvalue weighted by Crippen LogP contribution is -2.01. The molecule has 76 valence electrons. The van der Waals surface area contributed by atoms with Crippen molar-refractivity contribution in [1.29, 1.82) is 0 Å². The number of rotatable bonds is 2. The predicted molar refractivity (Wildman–Crippen MR) is 43.4 cm³/mol. The van der Waals surface area contributed by atoms with Crippen molar-refractivity contribution in [3.63, 3.8) is 0 Å². The molecular weight excluding hydrogens is 197 g/mol. The third kappa shape index (κ3) is 2.76. The summed E-state index contributed by atoms with van der Waals surface area (Å²) in [6.45, 7) is 1.30. The van der Waals surface area contributed by atoms with E-state index in [1.807, 2.05) is 0 Å². The van der Waals surface area contributed by atoms with Crippen molar-refractivity contribution in [2.75, 3.05) is 0 Å². The molecule has 0 bridgehead atoms. The third-order valence-corrected chi connectivity index (χ3v) is 1.39. The molecule has 0 N–H and O–H groups in total. The van der Waals surface area contributed by atoms with Gasteiger partial charge in [0, 0.05) is 0 Å². The molecule has 0 aliphatic heterocycles. The van der Waals surface area contributed by atoms with E-state index in [9.17, 15) is 18.0 Å². The Kier molecular flexibility index (Phi) is 2.78. The Balaban J connectivity index is 2.84. The minimum atomic E-state index is -4.48. The Labute approximate surface area is 78.0 Å². The average molecular weight is 204 g/mol. The molecule has 2 nitrogen and oxygen atoms in total. The number of alkyl halides is 3. The molecule has 0 aliphatic rings. The van der Waals surface area contributed by atoms with E-state index in [0.717, 1.165) is 18.2 Å². The monoisotopic (exact) mass is 204 g/mol. The number of hydrogen-bond acceptors (Lipinski definition) is 2. The minimum Gasteiger partial charge on any atom is -0.452 e. The second-order valence-corrected chi connectivity index (χ2v) is 2.64. The molecule has 1 aromatic heterocycles. The number of carbonyl (C=O) groups is 1. The van der Waals surface area contributed by atoms with Gasteiger partial charge >= 0.3 is 6.18 Å². The Bertz CT molecular complexity index is 360. The molecule has 0 unspecified atom stereocenters. The van der Waals surface area contributed by atoms with Crippen LogP contribution in [0.3, 0.4) is 0 Å². The molecule has 1 rings (SSSR count). The quantitative estimate of drug-likeness (QED) is 0.693. The van der Waals surface area contributed by atoms with E-state index in [1.54, 1.807) is 0 Å². The number of furan rings is 1. The molecule has 5 heteroatoms. The Morgan fingerprint density at radius 2 is 2.07 bits per heavy atom. The van der Waals surface area contributed by atoms with Gasteiger partial charge in [0.1, 0.15) is 5.76 Å². The van der Waals surface area contributed by atoms with Gasteiger partial charge in [0.05, 0.1) is 0 Å². The van der Waals surface area contributed by atoms with Gasteiger partial charge in [-0.3, -0.25) is 4.79 Å². The summed E-state index contributed by atoms with van der Waals surface area (Å²) < 4.78 is 40.5. The van der Waals surface area contributed by atoms with Crippen molar-refractivity contribution in [2.45, 2.75) is 13.1 Å². The van der Waals surface area contributed by atoms with Crippen molar-refractivity contribution >= 4 is 11.9 Å². The molecule has 0 atom stereocenters. The lowest BCUT2D eigenvalue weighted by Gasteiger charge is -1.99. The fourth-order valence-corrected chi connectivity index (χ4v) is 0.794. The second-order valence-electron chi connectivity index (χ2n) is 2.64. The molecule has 0 aliphatic carbocycles. The molecule has 1 aromatic rings. The first kappa shape index (κ1) is 10.6. The standard InChI is InChI=1S/C9H7F3O2/c1-6(13)2-3-7-4-5-8(14-7)9(10,11)12/h2-5H,1H3/b3-2+. The fraction of sp³-hybridized carbons (Fsp3) is 0.222. The van der Waals surface area contributed by atoms with Crippen LogP contribution in [0.1, 0.15) is 18.4 Å². The van der Waals surface area contributed by atoms with Crippen molar-refractivity contribution in [1.82, 2.24) is 0 Å². The van der Waals surface area contributed by atoms with Crippen LogP contribution in [0, 0.1) is 0 Å². The van der Waals surface area contributed by atoms with Gasteiger partial charge in [-0.05, 0) is 31.2 Å². The highest BCUT2D eigenvalue weighted by Gasteiger charge is 2.34. The van der Waals surface area contributed by atoms with Crippen LogP contribution in [0.5, 0.6) is 0 Å². The maximum Gasteiger partial charge on any atom is 0.449 e. The first-order chi connectivity index (χ1) is 6.39. The van der Waals surface area contributed by atoms with Crippen molar-refractivity contribution in [3.05, 3.63) is 29.7 Å². The van der Waals surface area contributed by atoms with E-state index in [2.05, 4.69) is 4.42 Å². The normalized spacial score (nSPS) is 12.3. The molecule has 0 radical (unpaired) electrons. The third-order valence-electron chi connectivity index (χ3n) is 1.39. The highest BCUT2D eigenvalue weighted by molar-refractivity contribution is 5.91. The lowest BCUT2D eigenvalue weighted by atomic mass is 10.3. The van der Waals surface area contributed by atoms with Crippen molar-refractivity contribution in [3.8, 4) is 0 Å². The number of ketones is 1. The predicted octanol–water partition coefficient (Wildman–Crippen LogP) is 2.90. The zero-order valence-electron chi connectivity index (χ0n) is 7.26. The minimum absolute atomic E-state index is 0.00697. The van der Waals surface area contributed by atoms with E-state index in [4.69, 9.17) is 0 Å². The summed E-state index contributed by atoms with van der Waals surface area (Å²) in [5.74, 6) is -1.32. The molecule has 0 saturated heterocycles. The molecule has 1 heterocycles. The van der Waals surface area contributed by atoms with E-state index < -0.39 is 11.9 Å². The molecule has 0 spiro atoms. The van der Waals surface area contributed by atoms with Gasteiger partial charge < -0.3 is 4.42 Å². The van der Waals surface area contributed by atoms with Crippen molar-refractivity contribution in [2.24, 2.45) is 0 Å². The molecule has 14 heavy (non-hydrogen) atoms. The molecule has 0 aromatic carbocycles. The summed E-state index contributed by atoms with van der Waals surface area (Å²) in [4.78, 5) is 10.5. The zero-order chi connectivity index (χ0) is 10.8. The van der Waals surface area contributed by atoms with E-state index in [-0.39, 0.29) is 11.5 Å². The van der Waals surface area contributed by atoms with Gasteiger partial charge in [0.15, 0.2) is 5.78 Å². The SMILES string of the molecule is CC(=O)/C=C/c1ccc(C(F)(F)F)o1. The summed E-state index contributed by atoms with van der Waals surface area (Å²) in [6, 6.07) is 1.97. The van der Waals surface area contributed by atoms with Gasteiger partial charge in [0.25, 0.3) is 0 Å². The van der Waals surface area contributed by atoms with Crippen LogP contribution < -0.4 is 0 Å². The second kappa shape index (κ2) is 3.69. The highest BCUT2D eigenvalue weighted by atomic mass is 19.4. The van der Waals surface area contributed by atoms with Crippen LogP contribution >= 0.6 is 0 Å². The van der Waals surface area contributed by atoms with Crippen LogP contribution in [0.15, 0.2) is 22.6 Å². The Morgan fingerprint density at radius 1 is 1.43 bits per heavy atom. The van der Waals surface area contributed by atoms with Gasteiger partial charge in [0.2, 0.25) is 5.76 Å². The van der Waals surface area contributed by atoms with Gasteiger partial charge in [-0.25, -0.2) is 0 Å². The maximum atomic E-state index is 12.0. The van der Waals surface area contributed by atoms with E-state index >= 15 is 0 Å². The summed E-state index contributed by atoms with van der Waals surface area (Å²) in [5.41, 5.74) is 0.